The van der Waals surface area contributed by atoms with Crippen LogP contribution in [0.4, 0.5) is 0 Å². The minimum atomic E-state index is 0.0845. The van der Waals surface area contributed by atoms with Gasteiger partial charge in [-0.25, -0.2) is 5.43 Å². The molecule has 0 bridgehead atoms. The van der Waals surface area contributed by atoms with E-state index in [1.807, 2.05) is 18.2 Å². The van der Waals surface area contributed by atoms with E-state index in [-0.39, 0.29) is 6.04 Å². The first-order valence-corrected chi connectivity index (χ1v) is 8.70. The van der Waals surface area contributed by atoms with Crippen molar-refractivity contribution in [2.24, 2.45) is 5.92 Å². The van der Waals surface area contributed by atoms with Crippen LogP contribution in [0.5, 0.6) is 0 Å². The van der Waals surface area contributed by atoms with Crippen molar-refractivity contribution in [3.63, 3.8) is 0 Å². The Morgan fingerprint density at radius 1 is 1.22 bits per heavy atom. The van der Waals surface area contributed by atoms with Crippen LogP contribution in [0.25, 0.3) is 10.9 Å². The number of hydrazine groups is 1. The van der Waals surface area contributed by atoms with E-state index < -0.39 is 0 Å². The lowest BCUT2D eigenvalue weighted by atomic mass is 10.00. The van der Waals surface area contributed by atoms with Crippen molar-refractivity contribution >= 4 is 28.2 Å². The Bertz CT molecular complexity index is 680. The van der Waals surface area contributed by atoms with E-state index in [4.69, 9.17) is 17.2 Å². The second-order valence-electron chi connectivity index (χ2n) is 6.39. The summed E-state index contributed by atoms with van der Waals surface area (Å²) < 4.78 is 0. The number of piperidine rings is 1. The zero-order chi connectivity index (χ0) is 16.2. The number of aromatic nitrogens is 1. The maximum Gasteiger partial charge on any atom is 0.183 e. The van der Waals surface area contributed by atoms with E-state index >= 15 is 0 Å². The minimum absolute atomic E-state index is 0.0845. The van der Waals surface area contributed by atoms with E-state index in [1.54, 1.807) is 0 Å². The van der Waals surface area contributed by atoms with Crippen molar-refractivity contribution < 1.29 is 0 Å². The normalized spacial score (nSPS) is 17.2. The van der Waals surface area contributed by atoms with Crippen molar-refractivity contribution in [1.29, 1.82) is 0 Å². The van der Waals surface area contributed by atoms with Gasteiger partial charge in [-0.2, -0.15) is 0 Å². The first-order chi connectivity index (χ1) is 11.1. The molecular weight excluding hydrogens is 304 g/mol. The molecule has 3 rings (SSSR count). The summed E-state index contributed by atoms with van der Waals surface area (Å²) in [6, 6.07) is 12.4. The first kappa shape index (κ1) is 16.1. The van der Waals surface area contributed by atoms with Gasteiger partial charge >= 0.3 is 0 Å². The summed E-state index contributed by atoms with van der Waals surface area (Å²) >= 11 is 5.49. The number of nitrogens with zero attached hydrogens (tertiary/aromatic N) is 2. The predicted molar refractivity (Wildman–Crippen MR) is 99.0 cm³/mol. The van der Waals surface area contributed by atoms with Crippen LogP contribution in [-0.4, -0.2) is 28.1 Å². The molecule has 0 aliphatic carbocycles. The molecule has 0 spiro atoms. The summed E-state index contributed by atoms with van der Waals surface area (Å²) in [5.41, 5.74) is 8.48. The van der Waals surface area contributed by atoms with Crippen molar-refractivity contribution in [2.45, 2.75) is 32.7 Å². The predicted octanol–water partition coefficient (Wildman–Crippen LogP) is 3.41. The summed E-state index contributed by atoms with van der Waals surface area (Å²) in [5, 5.41) is 1.94. The number of pyridine rings is 1. The molecule has 2 aromatic rings. The summed E-state index contributed by atoms with van der Waals surface area (Å²) in [5.74, 6) is 0.808. The number of hydrogen-bond donors (Lipinski definition) is 2. The molecule has 1 aromatic heterocycles. The van der Waals surface area contributed by atoms with Gasteiger partial charge in [0, 0.05) is 18.5 Å². The Balaban J connectivity index is 1.57. The fraction of sp³-hybridized carbons (Fsp3) is 0.444. The van der Waals surface area contributed by atoms with Crippen LogP contribution in [0.15, 0.2) is 36.4 Å². The molecule has 1 saturated heterocycles. The van der Waals surface area contributed by atoms with Crippen LogP contribution in [0.3, 0.4) is 0 Å². The molecule has 0 radical (unpaired) electrons. The lowest BCUT2D eigenvalue weighted by Crippen LogP contribution is -2.49. The van der Waals surface area contributed by atoms with E-state index in [1.165, 1.54) is 12.8 Å². The van der Waals surface area contributed by atoms with E-state index in [2.05, 4.69) is 47.8 Å². The van der Waals surface area contributed by atoms with E-state index in [0.29, 0.717) is 0 Å². The topological polar surface area (TPSA) is 40.2 Å². The van der Waals surface area contributed by atoms with Gasteiger partial charge < -0.3 is 4.90 Å². The molecule has 1 aliphatic heterocycles. The lowest BCUT2D eigenvalue weighted by Gasteiger charge is -2.32. The molecule has 1 aromatic carbocycles. The van der Waals surface area contributed by atoms with E-state index in [9.17, 15) is 0 Å². The first-order valence-electron chi connectivity index (χ1n) is 8.29. The Morgan fingerprint density at radius 2 is 1.96 bits per heavy atom. The quantitative estimate of drug-likeness (QED) is 0.667. The monoisotopic (exact) mass is 328 g/mol. The highest BCUT2D eigenvalue weighted by molar-refractivity contribution is 7.80. The number of nitrogens with one attached hydrogen (secondary N) is 2. The largest absolute Gasteiger partial charge is 0.348 e. The van der Waals surface area contributed by atoms with Crippen molar-refractivity contribution in [1.82, 2.24) is 20.7 Å². The van der Waals surface area contributed by atoms with Gasteiger partial charge in [-0.15, -0.1) is 0 Å². The van der Waals surface area contributed by atoms with Gasteiger partial charge in [-0.3, -0.25) is 10.4 Å². The third-order valence-electron chi connectivity index (χ3n) is 4.53. The molecule has 2 heterocycles. The van der Waals surface area contributed by atoms with Crippen LogP contribution >= 0.6 is 12.2 Å². The summed E-state index contributed by atoms with van der Waals surface area (Å²) in [7, 11) is 0. The third-order valence-corrected chi connectivity index (χ3v) is 4.89. The molecular formula is C18H24N4S. The van der Waals surface area contributed by atoms with Gasteiger partial charge in [0.2, 0.25) is 0 Å². The van der Waals surface area contributed by atoms with Crippen LogP contribution in [-0.2, 0) is 0 Å². The molecule has 1 unspecified atom stereocenters. The minimum Gasteiger partial charge on any atom is -0.348 e. The highest BCUT2D eigenvalue weighted by Crippen LogP contribution is 2.17. The molecule has 23 heavy (non-hydrogen) atoms. The molecule has 0 amide bonds. The van der Waals surface area contributed by atoms with Crippen LogP contribution in [0.2, 0.25) is 0 Å². The van der Waals surface area contributed by atoms with Crippen molar-refractivity contribution in [2.75, 3.05) is 13.1 Å². The standard InChI is InChI=1S/C18H24N4S/c1-13-9-11-22(12-10-13)18(23)21-20-14(2)16-8-7-15-5-3-4-6-17(15)19-16/h3-8,13-14,20H,9-12H2,1-2H3,(H,21,23). The molecule has 2 N–H and O–H groups in total. The highest BCUT2D eigenvalue weighted by atomic mass is 32.1. The second-order valence-corrected chi connectivity index (χ2v) is 6.78. The second kappa shape index (κ2) is 7.23. The van der Waals surface area contributed by atoms with Gasteiger partial charge in [-0.1, -0.05) is 31.2 Å². The molecule has 122 valence electrons. The summed E-state index contributed by atoms with van der Waals surface area (Å²) in [6.45, 7) is 6.47. The number of hydrogen-bond acceptors (Lipinski definition) is 3. The Labute approximate surface area is 143 Å². The summed E-state index contributed by atoms with van der Waals surface area (Å²) in [6.07, 6.45) is 2.42. The van der Waals surface area contributed by atoms with Crippen LogP contribution < -0.4 is 10.9 Å². The molecule has 0 saturated carbocycles. The molecule has 1 aliphatic rings. The van der Waals surface area contributed by atoms with Crippen molar-refractivity contribution in [3.05, 3.63) is 42.1 Å². The Kier molecular flexibility index (Phi) is 5.08. The van der Waals surface area contributed by atoms with Crippen LogP contribution in [0, 0.1) is 5.92 Å². The average molecular weight is 328 g/mol. The summed E-state index contributed by atoms with van der Waals surface area (Å²) in [4.78, 5) is 6.96. The number of likely N-dealkylation sites (tertiary alicyclic amines) is 1. The SMILES string of the molecule is CC1CCN(C(=S)NNC(C)c2ccc3ccccc3n2)CC1. The van der Waals surface area contributed by atoms with Gasteiger partial charge in [0.15, 0.2) is 5.11 Å². The average Bonchev–Trinajstić information content (AvgIpc) is 2.59. The zero-order valence-corrected chi connectivity index (χ0v) is 14.6. The van der Waals surface area contributed by atoms with Gasteiger partial charge in [0.1, 0.15) is 0 Å². The fourth-order valence-electron chi connectivity index (χ4n) is 2.86. The smallest absolute Gasteiger partial charge is 0.183 e. The molecule has 4 nitrogen and oxygen atoms in total. The van der Waals surface area contributed by atoms with Crippen molar-refractivity contribution in [3.8, 4) is 0 Å². The zero-order valence-electron chi connectivity index (χ0n) is 13.7. The molecule has 1 fully saturated rings. The number of rotatable bonds is 3. The Hall–Kier alpha value is -1.72. The maximum absolute atomic E-state index is 5.49. The number of para-hydroxylation sites is 1. The fourth-order valence-corrected chi connectivity index (χ4v) is 3.10. The molecule has 5 heteroatoms. The number of fused-ring (bicyclic) bond motifs is 1. The third kappa shape index (κ3) is 3.98. The van der Waals surface area contributed by atoms with Gasteiger partial charge in [0.25, 0.3) is 0 Å². The van der Waals surface area contributed by atoms with E-state index in [0.717, 1.165) is 40.7 Å². The maximum atomic E-state index is 5.49. The Morgan fingerprint density at radius 3 is 2.74 bits per heavy atom. The molecule has 1 atom stereocenters. The van der Waals surface area contributed by atoms with Gasteiger partial charge in [-0.05, 0) is 50.0 Å². The van der Waals surface area contributed by atoms with Gasteiger partial charge in [0.05, 0.1) is 17.3 Å². The number of thiocarbonyl (C=S) groups is 1. The van der Waals surface area contributed by atoms with Crippen LogP contribution in [0.1, 0.15) is 38.4 Å². The highest BCUT2D eigenvalue weighted by Gasteiger charge is 2.18. The number of benzene rings is 1. The lowest BCUT2D eigenvalue weighted by molar-refractivity contribution is 0.274.